The first-order valence-corrected chi connectivity index (χ1v) is 12.2. The lowest BCUT2D eigenvalue weighted by molar-refractivity contribution is -0.133. The van der Waals surface area contributed by atoms with Crippen LogP contribution in [0.25, 0.3) is 0 Å². The van der Waals surface area contributed by atoms with E-state index in [9.17, 15) is 9.18 Å². The summed E-state index contributed by atoms with van der Waals surface area (Å²) in [4.78, 5) is 14.8. The first kappa shape index (κ1) is 25.8. The Morgan fingerprint density at radius 3 is 1.94 bits per heavy atom. The van der Waals surface area contributed by atoms with E-state index in [1.807, 2.05) is 81.1 Å². The van der Waals surface area contributed by atoms with Gasteiger partial charge in [0.1, 0.15) is 11.6 Å². The summed E-state index contributed by atoms with van der Waals surface area (Å²) in [5.74, 6) is 0.664. The zero-order valence-corrected chi connectivity index (χ0v) is 21.1. The molecule has 3 aromatic rings. The highest BCUT2D eigenvalue weighted by molar-refractivity contribution is 6.30. The lowest BCUT2D eigenvalue weighted by atomic mass is 9.88. The highest BCUT2D eigenvalue weighted by Gasteiger charge is 2.23. The predicted octanol–water partition coefficient (Wildman–Crippen LogP) is 7.79. The van der Waals surface area contributed by atoms with Crippen LogP contribution in [0.5, 0.6) is 5.75 Å². The number of benzene rings is 3. The van der Waals surface area contributed by atoms with E-state index in [0.29, 0.717) is 24.4 Å². The number of amides is 1. The Hall–Kier alpha value is -2.85. The molecule has 0 bridgehead atoms. The molecule has 3 rings (SSSR count). The average Bonchev–Trinajstić information content (AvgIpc) is 2.83. The fourth-order valence-corrected chi connectivity index (χ4v) is 4.32. The minimum Gasteiger partial charge on any atom is -0.491 e. The van der Waals surface area contributed by atoms with Crippen molar-refractivity contribution in [1.29, 1.82) is 0 Å². The third-order valence-electron chi connectivity index (χ3n) is 6.03. The molecule has 34 heavy (non-hydrogen) atoms. The number of ether oxygens (including phenoxy) is 1. The van der Waals surface area contributed by atoms with Gasteiger partial charge in [0.15, 0.2) is 0 Å². The maximum Gasteiger partial charge on any atom is 0.222 e. The van der Waals surface area contributed by atoms with E-state index in [2.05, 4.69) is 12.1 Å². The fourth-order valence-electron chi connectivity index (χ4n) is 4.20. The van der Waals surface area contributed by atoms with Gasteiger partial charge in [-0.1, -0.05) is 54.9 Å². The van der Waals surface area contributed by atoms with Gasteiger partial charge in [0.05, 0.1) is 12.1 Å². The van der Waals surface area contributed by atoms with Gasteiger partial charge in [-0.15, -0.1) is 0 Å². The molecule has 0 radical (unpaired) electrons. The van der Waals surface area contributed by atoms with Gasteiger partial charge in [0.2, 0.25) is 5.91 Å². The van der Waals surface area contributed by atoms with Crippen molar-refractivity contribution in [2.24, 2.45) is 0 Å². The number of rotatable bonds is 10. The summed E-state index contributed by atoms with van der Waals surface area (Å²) in [6, 6.07) is 22.2. The highest BCUT2D eigenvalue weighted by Crippen LogP contribution is 2.32. The molecule has 0 saturated heterocycles. The average molecular weight is 482 g/mol. The molecule has 0 aliphatic heterocycles. The molecule has 0 heterocycles. The van der Waals surface area contributed by atoms with E-state index in [0.717, 1.165) is 22.4 Å². The molecule has 0 unspecified atom stereocenters. The van der Waals surface area contributed by atoms with Gasteiger partial charge < -0.3 is 9.64 Å². The van der Waals surface area contributed by atoms with Gasteiger partial charge >= 0.3 is 0 Å². The molecule has 0 spiro atoms. The zero-order valence-electron chi connectivity index (χ0n) is 20.3. The van der Waals surface area contributed by atoms with Crippen molar-refractivity contribution in [2.45, 2.75) is 58.6 Å². The van der Waals surface area contributed by atoms with Crippen molar-refractivity contribution in [3.63, 3.8) is 0 Å². The summed E-state index contributed by atoms with van der Waals surface area (Å²) >= 11 is 6.06. The summed E-state index contributed by atoms with van der Waals surface area (Å²) in [5.41, 5.74) is 3.16. The normalized spacial score (nSPS) is 12.9. The SMILES string of the molecule is CCC(=O)N(CC[C@H](c1ccc(F)cc1)c1ccc(OC(C)C)cc1)[C@@H](C)c1ccc(Cl)cc1. The van der Waals surface area contributed by atoms with Crippen LogP contribution < -0.4 is 4.74 Å². The molecule has 0 N–H and O–H groups in total. The van der Waals surface area contributed by atoms with E-state index in [-0.39, 0.29) is 29.8 Å². The highest BCUT2D eigenvalue weighted by atomic mass is 35.5. The van der Waals surface area contributed by atoms with Crippen LogP contribution in [0.1, 0.15) is 69.2 Å². The monoisotopic (exact) mass is 481 g/mol. The van der Waals surface area contributed by atoms with Crippen LogP contribution in [0.2, 0.25) is 5.02 Å². The zero-order chi connectivity index (χ0) is 24.7. The fraction of sp³-hybridized carbons (Fsp3) is 0.345. The van der Waals surface area contributed by atoms with Crippen LogP contribution in [0, 0.1) is 5.82 Å². The molecule has 0 aromatic heterocycles. The summed E-state index contributed by atoms with van der Waals surface area (Å²) in [6.45, 7) is 8.49. The van der Waals surface area contributed by atoms with Gasteiger partial charge in [-0.2, -0.15) is 0 Å². The van der Waals surface area contributed by atoms with Crippen molar-refractivity contribution < 1.29 is 13.9 Å². The van der Waals surface area contributed by atoms with Gasteiger partial charge in [0, 0.05) is 23.9 Å². The maximum absolute atomic E-state index is 13.6. The topological polar surface area (TPSA) is 29.5 Å². The summed E-state index contributed by atoms with van der Waals surface area (Å²) < 4.78 is 19.4. The van der Waals surface area contributed by atoms with Crippen molar-refractivity contribution in [3.8, 4) is 5.75 Å². The molecule has 0 saturated carbocycles. The molecular weight excluding hydrogens is 449 g/mol. The number of carbonyl (C=O) groups is 1. The number of hydrogen-bond acceptors (Lipinski definition) is 2. The standard InChI is InChI=1S/C29H33ClFNO2/c1-5-29(33)32(21(4)22-6-12-25(30)13-7-22)19-18-28(23-8-14-26(31)15-9-23)24-10-16-27(17-11-24)34-20(2)3/h6-17,20-21,28H,5,18-19H2,1-4H3/t21-,28+/m0/s1. The Kier molecular flexibility index (Phi) is 9.12. The van der Waals surface area contributed by atoms with E-state index in [1.165, 1.54) is 12.1 Å². The Labute approximate surface area is 207 Å². The number of hydrogen-bond donors (Lipinski definition) is 0. The summed E-state index contributed by atoms with van der Waals surface area (Å²) in [6.07, 6.45) is 1.24. The third-order valence-corrected chi connectivity index (χ3v) is 6.28. The van der Waals surface area contributed by atoms with Crippen LogP contribution in [0.3, 0.4) is 0 Å². The number of halogens is 2. The van der Waals surface area contributed by atoms with E-state index in [1.54, 1.807) is 0 Å². The molecule has 2 atom stereocenters. The maximum atomic E-state index is 13.6. The smallest absolute Gasteiger partial charge is 0.222 e. The van der Waals surface area contributed by atoms with E-state index < -0.39 is 0 Å². The second kappa shape index (κ2) is 12.0. The molecule has 5 heteroatoms. The van der Waals surface area contributed by atoms with Gasteiger partial charge in [0.25, 0.3) is 0 Å². The lowest BCUT2D eigenvalue weighted by Crippen LogP contribution is -2.34. The lowest BCUT2D eigenvalue weighted by Gasteiger charge is -2.31. The molecule has 3 nitrogen and oxygen atoms in total. The molecule has 0 fully saturated rings. The Morgan fingerprint density at radius 2 is 1.41 bits per heavy atom. The predicted molar refractivity (Wildman–Crippen MR) is 137 cm³/mol. The third kappa shape index (κ3) is 6.83. The molecular formula is C29H33ClFNO2. The summed E-state index contributed by atoms with van der Waals surface area (Å²) in [7, 11) is 0. The largest absolute Gasteiger partial charge is 0.491 e. The van der Waals surface area contributed by atoms with E-state index in [4.69, 9.17) is 16.3 Å². The Morgan fingerprint density at radius 1 is 0.882 bits per heavy atom. The van der Waals surface area contributed by atoms with Crippen molar-refractivity contribution >= 4 is 17.5 Å². The van der Waals surface area contributed by atoms with Crippen molar-refractivity contribution in [3.05, 3.63) is 100 Å². The number of carbonyl (C=O) groups excluding carboxylic acids is 1. The summed E-state index contributed by atoms with van der Waals surface area (Å²) in [5, 5.41) is 0.672. The Balaban J connectivity index is 1.87. The molecule has 1 amide bonds. The number of nitrogens with zero attached hydrogens (tertiary/aromatic N) is 1. The van der Waals surface area contributed by atoms with Crippen LogP contribution >= 0.6 is 11.6 Å². The first-order valence-electron chi connectivity index (χ1n) is 11.9. The quantitative estimate of drug-likeness (QED) is 0.295. The van der Waals surface area contributed by atoms with Crippen LogP contribution in [0.15, 0.2) is 72.8 Å². The van der Waals surface area contributed by atoms with Crippen molar-refractivity contribution in [1.82, 2.24) is 4.90 Å². The molecule has 3 aromatic carbocycles. The van der Waals surface area contributed by atoms with Crippen LogP contribution in [0.4, 0.5) is 4.39 Å². The second-order valence-corrected chi connectivity index (χ2v) is 9.23. The van der Waals surface area contributed by atoms with E-state index >= 15 is 0 Å². The molecule has 180 valence electrons. The minimum absolute atomic E-state index is 0.0123. The van der Waals surface area contributed by atoms with Gasteiger partial charge in [-0.05, 0) is 80.3 Å². The molecule has 0 aliphatic rings. The van der Waals surface area contributed by atoms with Gasteiger partial charge in [-0.25, -0.2) is 4.39 Å². The van der Waals surface area contributed by atoms with Crippen LogP contribution in [-0.4, -0.2) is 23.5 Å². The Bertz CT molecular complexity index is 1050. The molecule has 0 aliphatic carbocycles. The first-order chi connectivity index (χ1) is 16.3. The second-order valence-electron chi connectivity index (χ2n) is 8.80. The van der Waals surface area contributed by atoms with Crippen molar-refractivity contribution in [2.75, 3.05) is 6.54 Å². The van der Waals surface area contributed by atoms with Crippen LogP contribution in [-0.2, 0) is 4.79 Å². The van der Waals surface area contributed by atoms with Gasteiger partial charge in [-0.3, -0.25) is 4.79 Å². The minimum atomic E-state index is -0.262.